The highest BCUT2D eigenvalue weighted by Gasteiger charge is 2.41. The molecule has 5 nitrogen and oxygen atoms in total. The number of alkyl halides is 5. The number of amides is 1. The molecule has 0 bridgehead atoms. The molecule has 10 heteroatoms. The van der Waals surface area contributed by atoms with Gasteiger partial charge in [-0.15, -0.1) is 13.2 Å². The van der Waals surface area contributed by atoms with Crippen molar-refractivity contribution in [1.82, 2.24) is 14.8 Å². The number of nitrogens with one attached hydrogen (secondary N) is 1. The van der Waals surface area contributed by atoms with Crippen molar-refractivity contribution in [2.75, 3.05) is 20.2 Å². The molecule has 31 heavy (non-hydrogen) atoms. The molecular weight excluding hydrogens is 421 g/mol. The van der Waals surface area contributed by atoms with Crippen molar-refractivity contribution in [3.05, 3.63) is 41.6 Å². The van der Waals surface area contributed by atoms with E-state index < -0.39 is 36.7 Å². The number of fused-ring (bicyclic) bond motifs is 2. The van der Waals surface area contributed by atoms with Crippen molar-refractivity contribution in [3.8, 4) is 0 Å². The lowest BCUT2D eigenvalue weighted by atomic mass is 9.79. The summed E-state index contributed by atoms with van der Waals surface area (Å²) in [6, 6.07) is 2.71. The van der Waals surface area contributed by atoms with Gasteiger partial charge in [0.2, 0.25) is 5.91 Å². The molecular formula is C21H22F5N3O2. The molecule has 0 saturated carbocycles. The summed E-state index contributed by atoms with van der Waals surface area (Å²) >= 11 is 0. The summed E-state index contributed by atoms with van der Waals surface area (Å²) < 4.78 is 67.9. The van der Waals surface area contributed by atoms with E-state index in [0.717, 1.165) is 6.20 Å². The van der Waals surface area contributed by atoms with Gasteiger partial charge in [0.05, 0.1) is 18.0 Å². The van der Waals surface area contributed by atoms with E-state index in [1.807, 2.05) is 4.90 Å². The molecule has 2 aromatic rings. The van der Waals surface area contributed by atoms with Gasteiger partial charge in [0.1, 0.15) is 6.04 Å². The van der Waals surface area contributed by atoms with Crippen LogP contribution in [0.2, 0.25) is 0 Å². The Labute approximate surface area is 175 Å². The molecule has 4 rings (SSSR count). The minimum Gasteiger partial charge on any atom is -0.394 e. The number of aromatic nitrogens is 1. The summed E-state index contributed by atoms with van der Waals surface area (Å²) in [5, 5.41) is 11.9. The fourth-order valence-corrected chi connectivity index (χ4v) is 4.54. The van der Waals surface area contributed by atoms with E-state index in [-0.39, 0.29) is 18.1 Å². The molecule has 1 aliphatic carbocycles. The summed E-state index contributed by atoms with van der Waals surface area (Å²) in [6.07, 6.45) is -1.44. The molecule has 168 valence electrons. The molecule has 3 atom stereocenters. The molecule has 1 aromatic carbocycles. The molecule has 1 aromatic heterocycles. The first-order valence-electron chi connectivity index (χ1n) is 9.83. The van der Waals surface area contributed by atoms with E-state index in [2.05, 4.69) is 5.32 Å². The highest BCUT2D eigenvalue weighted by atomic mass is 19.4. The van der Waals surface area contributed by atoms with Gasteiger partial charge in [-0.05, 0) is 36.2 Å². The van der Waals surface area contributed by atoms with Crippen LogP contribution < -0.4 is 5.32 Å². The fraction of sp³-hybridized carbons (Fsp3) is 0.476. The molecule has 3 unspecified atom stereocenters. The van der Waals surface area contributed by atoms with Crippen LogP contribution in [-0.4, -0.2) is 58.7 Å². The Morgan fingerprint density at radius 3 is 2.61 bits per heavy atom. The van der Waals surface area contributed by atoms with Gasteiger partial charge < -0.3 is 10.4 Å². The van der Waals surface area contributed by atoms with E-state index in [9.17, 15) is 31.9 Å². The molecule has 0 spiro atoms. The van der Waals surface area contributed by atoms with Crippen LogP contribution in [0, 0.1) is 5.92 Å². The molecule has 2 aliphatic rings. The predicted octanol–water partition coefficient (Wildman–Crippen LogP) is 3.12. The standard InChI is InChI=1S/C21H22F5N3O2/c1-20(22,23)17(10-30)27-19(31)12-6-14-13-4-3-5-15-18(13)11(7-16(14)28(2)8-12)9-29(15)21(24,25)26/h3-6,9,12,16-17,30H,7-8,10H2,1-2H3,(H,27,31). The van der Waals surface area contributed by atoms with Crippen LogP contribution in [0.3, 0.4) is 0 Å². The number of likely N-dealkylation sites (N-methyl/N-ethyl adjacent to an activating group) is 1. The SMILES string of the molecule is CN1CC(C(=O)NC(CO)C(C)(F)F)C=C2c3cccc4c3c(cn4C(F)(F)F)CC21. The number of benzene rings is 1. The van der Waals surface area contributed by atoms with Crippen LogP contribution in [0.5, 0.6) is 0 Å². The van der Waals surface area contributed by atoms with Gasteiger partial charge in [-0.1, -0.05) is 18.2 Å². The molecule has 1 aliphatic heterocycles. The van der Waals surface area contributed by atoms with Gasteiger partial charge >= 0.3 is 6.30 Å². The molecule has 1 amide bonds. The van der Waals surface area contributed by atoms with E-state index in [0.29, 0.717) is 40.0 Å². The zero-order chi connectivity index (χ0) is 22.7. The summed E-state index contributed by atoms with van der Waals surface area (Å²) in [5.74, 6) is -4.75. The van der Waals surface area contributed by atoms with Crippen LogP contribution in [0.25, 0.3) is 16.5 Å². The van der Waals surface area contributed by atoms with Crippen molar-refractivity contribution in [3.63, 3.8) is 0 Å². The largest absolute Gasteiger partial charge is 0.488 e. The maximum atomic E-state index is 13.6. The molecule has 0 saturated heterocycles. The van der Waals surface area contributed by atoms with Gasteiger partial charge in [-0.3, -0.25) is 14.3 Å². The second kappa shape index (κ2) is 7.30. The molecule has 0 fully saturated rings. The van der Waals surface area contributed by atoms with E-state index in [1.165, 1.54) is 12.1 Å². The maximum Gasteiger partial charge on any atom is 0.488 e. The zero-order valence-electron chi connectivity index (χ0n) is 16.9. The van der Waals surface area contributed by atoms with Gasteiger partial charge in [-0.2, -0.15) is 0 Å². The van der Waals surface area contributed by atoms with Gasteiger partial charge in [0, 0.05) is 31.1 Å². The van der Waals surface area contributed by atoms with Gasteiger partial charge in [0.15, 0.2) is 0 Å². The number of aliphatic hydroxyl groups is 1. The fourth-order valence-electron chi connectivity index (χ4n) is 4.54. The highest BCUT2D eigenvalue weighted by Crippen LogP contribution is 2.43. The lowest BCUT2D eigenvalue weighted by Crippen LogP contribution is -2.53. The maximum absolute atomic E-state index is 13.6. The second-order valence-corrected chi connectivity index (χ2v) is 8.28. The topological polar surface area (TPSA) is 57.5 Å². The number of carbonyl (C=O) groups is 1. The third kappa shape index (κ3) is 3.71. The summed E-state index contributed by atoms with van der Waals surface area (Å²) in [5.41, 5.74) is 1.93. The average Bonchev–Trinajstić information content (AvgIpc) is 3.06. The van der Waals surface area contributed by atoms with Crippen LogP contribution in [0.4, 0.5) is 22.0 Å². The van der Waals surface area contributed by atoms with Crippen molar-refractivity contribution < 1.29 is 31.9 Å². The minimum absolute atomic E-state index is 0.0412. The summed E-state index contributed by atoms with van der Waals surface area (Å²) in [7, 11) is 1.75. The Bertz CT molecular complexity index is 1050. The minimum atomic E-state index is -4.56. The van der Waals surface area contributed by atoms with Crippen LogP contribution >= 0.6 is 0 Å². The lowest BCUT2D eigenvalue weighted by Gasteiger charge is -2.39. The Kier molecular flexibility index (Phi) is 5.13. The van der Waals surface area contributed by atoms with Crippen molar-refractivity contribution >= 4 is 22.4 Å². The van der Waals surface area contributed by atoms with Gasteiger partial charge in [-0.25, -0.2) is 8.78 Å². The zero-order valence-corrected chi connectivity index (χ0v) is 16.9. The Morgan fingerprint density at radius 1 is 1.29 bits per heavy atom. The first-order chi connectivity index (χ1) is 14.4. The number of halogens is 5. The van der Waals surface area contributed by atoms with Crippen molar-refractivity contribution in [2.24, 2.45) is 5.92 Å². The van der Waals surface area contributed by atoms with E-state index in [1.54, 1.807) is 19.2 Å². The number of hydrogen-bond donors (Lipinski definition) is 2. The smallest absolute Gasteiger partial charge is 0.394 e. The molecule has 0 radical (unpaired) electrons. The first-order valence-corrected chi connectivity index (χ1v) is 9.83. The lowest BCUT2D eigenvalue weighted by molar-refractivity contribution is -0.200. The number of rotatable bonds is 4. The van der Waals surface area contributed by atoms with Crippen LogP contribution in [0.15, 0.2) is 30.5 Å². The normalized spacial score (nSPS) is 22.8. The highest BCUT2D eigenvalue weighted by molar-refractivity contribution is 5.99. The second-order valence-electron chi connectivity index (χ2n) is 8.28. The first kappa shape index (κ1) is 21.8. The van der Waals surface area contributed by atoms with E-state index >= 15 is 0 Å². The number of nitrogens with zero attached hydrogens (tertiary/aromatic N) is 2. The number of aliphatic hydroxyl groups excluding tert-OH is 1. The Morgan fingerprint density at radius 2 is 2.00 bits per heavy atom. The van der Waals surface area contributed by atoms with Crippen molar-refractivity contribution in [1.29, 1.82) is 0 Å². The summed E-state index contributed by atoms with van der Waals surface area (Å²) in [6.45, 7) is -0.0757. The third-order valence-electron chi connectivity index (χ3n) is 6.11. The Balaban J connectivity index is 1.74. The number of carbonyl (C=O) groups excluding carboxylic acids is 1. The average molecular weight is 443 g/mol. The number of hydrogen-bond acceptors (Lipinski definition) is 3. The Hall–Kier alpha value is -2.46. The molecule has 2 heterocycles. The quantitative estimate of drug-likeness (QED) is 0.715. The van der Waals surface area contributed by atoms with Crippen molar-refractivity contribution in [2.45, 2.75) is 37.7 Å². The molecule has 2 N–H and O–H groups in total. The third-order valence-corrected chi connectivity index (χ3v) is 6.11. The van der Waals surface area contributed by atoms with Crippen LogP contribution in [0.1, 0.15) is 18.1 Å². The summed E-state index contributed by atoms with van der Waals surface area (Å²) in [4.78, 5) is 14.5. The van der Waals surface area contributed by atoms with Crippen LogP contribution in [-0.2, 0) is 17.5 Å². The predicted molar refractivity (Wildman–Crippen MR) is 104 cm³/mol. The van der Waals surface area contributed by atoms with E-state index in [4.69, 9.17) is 0 Å². The van der Waals surface area contributed by atoms with Gasteiger partial charge in [0.25, 0.3) is 5.92 Å². The monoisotopic (exact) mass is 443 g/mol.